The molecule has 0 bridgehead atoms. The lowest BCUT2D eigenvalue weighted by molar-refractivity contribution is -0.121. The summed E-state index contributed by atoms with van der Waals surface area (Å²) in [6, 6.07) is 5.38. The molecule has 2 aromatic heterocycles. The van der Waals surface area contributed by atoms with Crippen molar-refractivity contribution >= 4 is 11.7 Å². The SMILES string of the molecule is CCNCc1cn(CC(=O)NNc2ccccn2)nn1. The van der Waals surface area contributed by atoms with Gasteiger partial charge in [0.15, 0.2) is 0 Å². The lowest BCUT2D eigenvalue weighted by Gasteiger charge is -2.06. The largest absolute Gasteiger partial charge is 0.311 e. The van der Waals surface area contributed by atoms with E-state index in [0.29, 0.717) is 12.4 Å². The molecule has 0 saturated carbocycles. The van der Waals surface area contributed by atoms with Gasteiger partial charge in [-0.05, 0) is 18.7 Å². The van der Waals surface area contributed by atoms with Crippen LogP contribution in [0.3, 0.4) is 0 Å². The van der Waals surface area contributed by atoms with Crippen LogP contribution in [0.2, 0.25) is 0 Å². The van der Waals surface area contributed by atoms with Crippen molar-refractivity contribution in [2.45, 2.75) is 20.0 Å². The number of aromatic nitrogens is 4. The second-order valence-electron chi connectivity index (χ2n) is 4.08. The van der Waals surface area contributed by atoms with Crippen molar-refractivity contribution in [3.05, 3.63) is 36.3 Å². The fourth-order valence-corrected chi connectivity index (χ4v) is 1.51. The van der Waals surface area contributed by atoms with Gasteiger partial charge in [-0.2, -0.15) is 0 Å². The lowest BCUT2D eigenvalue weighted by Crippen LogP contribution is -2.33. The molecule has 0 aliphatic heterocycles. The van der Waals surface area contributed by atoms with Crippen LogP contribution in [0.4, 0.5) is 5.82 Å². The van der Waals surface area contributed by atoms with E-state index in [0.717, 1.165) is 12.2 Å². The van der Waals surface area contributed by atoms with Crippen LogP contribution in [0.25, 0.3) is 0 Å². The zero-order valence-corrected chi connectivity index (χ0v) is 11.2. The summed E-state index contributed by atoms with van der Waals surface area (Å²) in [6.45, 7) is 3.62. The topological polar surface area (TPSA) is 96.8 Å². The van der Waals surface area contributed by atoms with Crippen molar-refractivity contribution in [3.8, 4) is 0 Å². The Labute approximate surface area is 116 Å². The first-order valence-corrected chi connectivity index (χ1v) is 6.33. The van der Waals surface area contributed by atoms with E-state index in [4.69, 9.17) is 0 Å². The van der Waals surface area contributed by atoms with Crippen LogP contribution in [-0.4, -0.2) is 32.4 Å². The van der Waals surface area contributed by atoms with E-state index < -0.39 is 0 Å². The number of rotatable bonds is 7. The fourth-order valence-electron chi connectivity index (χ4n) is 1.51. The maximum absolute atomic E-state index is 11.7. The number of nitrogens with one attached hydrogen (secondary N) is 3. The average Bonchev–Trinajstić information content (AvgIpc) is 2.91. The number of amides is 1. The number of pyridine rings is 1. The van der Waals surface area contributed by atoms with E-state index in [9.17, 15) is 4.79 Å². The van der Waals surface area contributed by atoms with Crippen molar-refractivity contribution in [1.29, 1.82) is 0 Å². The van der Waals surface area contributed by atoms with Crippen LogP contribution in [0, 0.1) is 0 Å². The van der Waals surface area contributed by atoms with Crippen LogP contribution in [0.1, 0.15) is 12.6 Å². The van der Waals surface area contributed by atoms with E-state index >= 15 is 0 Å². The Balaban J connectivity index is 1.78. The van der Waals surface area contributed by atoms with Crippen molar-refractivity contribution in [1.82, 2.24) is 30.7 Å². The molecule has 0 fully saturated rings. The van der Waals surface area contributed by atoms with Gasteiger partial charge in [-0.25, -0.2) is 9.67 Å². The Morgan fingerprint density at radius 2 is 2.30 bits per heavy atom. The van der Waals surface area contributed by atoms with E-state index in [1.165, 1.54) is 4.68 Å². The molecule has 8 nitrogen and oxygen atoms in total. The van der Waals surface area contributed by atoms with E-state index in [2.05, 4.69) is 31.5 Å². The number of hydrazine groups is 1. The number of anilines is 1. The molecular weight excluding hydrogens is 258 g/mol. The van der Waals surface area contributed by atoms with Crippen molar-refractivity contribution in [2.75, 3.05) is 12.0 Å². The highest BCUT2D eigenvalue weighted by Crippen LogP contribution is 1.97. The highest BCUT2D eigenvalue weighted by atomic mass is 16.2. The molecule has 1 amide bonds. The van der Waals surface area contributed by atoms with E-state index in [1.54, 1.807) is 24.5 Å². The standard InChI is InChI=1S/C12H17N7O/c1-2-13-7-10-8-19(18-15-10)9-12(20)17-16-11-5-3-4-6-14-11/h3-6,8,13H,2,7,9H2,1H3,(H,14,16)(H,17,20). The predicted octanol–water partition coefficient (Wildman–Crippen LogP) is -0.0741. The Morgan fingerprint density at radius 1 is 1.40 bits per heavy atom. The van der Waals surface area contributed by atoms with Crippen molar-refractivity contribution < 1.29 is 4.79 Å². The maximum Gasteiger partial charge on any atom is 0.260 e. The van der Waals surface area contributed by atoms with Gasteiger partial charge in [0.25, 0.3) is 5.91 Å². The summed E-state index contributed by atoms with van der Waals surface area (Å²) in [4.78, 5) is 15.7. The first-order chi connectivity index (χ1) is 9.78. The minimum atomic E-state index is -0.226. The quantitative estimate of drug-likeness (QED) is 0.612. The molecule has 3 N–H and O–H groups in total. The van der Waals surface area contributed by atoms with Gasteiger partial charge >= 0.3 is 0 Å². The molecule has 8 heteroatoms. The predicted molar refractivity (Wildman–Crippen MR) is 73.4 cm³/mol. The van der Waals surface area contributed by atoms with Crippen LogP contribution in [0.15, 0.2) is 30.6 Å². The second-order valence-corrected chi connectivity index (χ2v) is 4.08. The van der Waals surface area contributed by atoms with E-state index in [-0.39, 0.29) is 12.5 Å². The molecular formula is C12H17N7O. The Morgan fingerprint density at radius 3 is 3.05 bits per heavy atom. The smallest absolute Gasteiger partial charge is 0.260 e. The third kappa shape index (κ3) is 4.32. The minimum absolute atomic E-state index is 0.0962. The van der Waals surface area contributed by atoms with Gasteiger partial charge in [0, 0.05) is 12.7 Å². The third-order valence-electron chi connectivity index (χ3n) is 2.44. The third-order valence-corrected chi connectivity index (χ3v) is 2.44. The summed E-state index contributed by atoms with van der Waals surface area (Å²) in [5.41, 5.74) is 6.07. The van der Waals surface area contributed by atoms with Gasteiger partial charge in [0.05, 0.1) is 11.9 Å². The molecule has 0 saturated heterocycles. The second kappa shape index (κ2) is 7.19. The molecule has 0 aromatic carbocycles. The van der Waals surface area contributed by atoms with Gasteiger partial charge in [0.1, 0.15) is 12.4 Å². The minimum Gasteiger partial charge on any atom is -0.311 e. The number of carbonyl (C=O) groups is 1. The molecule has 106 valence electrons. The molecule has 2 aromatic rings. The van der Waals surface area contributed by atoms with Crippen LogP contribution in [-0.2, 0) is 17.9 Å². The van der Waals surface area contributed by atoms with Gasteiger partial charge < -0.3 is 5.32 Å². The molecule has 0 spiro atoms. The zero-order chi connectivity index (χ0) is 14.2. The Bertz CT molecular complexity index is 540. The van der Waals surface area contributed by atoms with Crippen LogP contribution < -0.4 is 16.2 Å². The van der Waals surface area contributed by atoms with Crippen LogP contribution >= 0.6 is 0 Å². The lowest BCUT2D eigenvalue weighted by atomic mass is 10.4. The number of carbonyl (C=O) groups excluding carboxylic acids is 1. The first kappa shape index (κ1) is 13.9. The van der Waals surface area contributed by atoms with Gasteiger partial charge in [-0.3, -0.25) is 15.6 Å². The van der Waals surface area contributed by atoms with Gasteiger partial charge in [-0.1, -0.05) is 18.2 Å². The normalized spacial score (nSPS) is 10.2. The van der Waals surface area contributed by atoms with Gasteiger partial charge in [-0.15, -0.1) is 5.10 Å². The molecule has 0 unspecified atom stereocenters. The maximum atomic E-state index is 11.7. The van der Waals surface area contributed by atoms with Crippen LogP contribution in [0.5, 0.6) is 0 Å². The molecule has 2 rings (SSSR count). The number of hydrogen-bond donors (Lipinski definition) is 3. The summed E-state index contributed by atoms with van der Waals surface area (Å²) in [5.74, 6) is 0.350. The van der Waals surface area contributed by atoms with Crippen molar-refractivity contribution in [3.63, 3.8) is 0 Å². The highest BCUT2D eigenvalue weighted by Gasteiger charge is 2.05. The molecule has 20 heavy (non-hydrogen) atoms. The summed E-state index contributed by atoms with van der Waals surface area (Å²) in [6.07, 6.45) is 3.38. The molecule has 0 atom stereocenters. The summed E-state index contributed by atoms with van der Waals surface area (Å²) in [5, 5.41) is 11.0. The molecule has 0 radical (unpaired) electrons. The number of nitrogens with zero attached hydrogens (tertiary/aromatic N) is 4. The molecule has 2 heterocycles. The zero-order valence-electron chi connectivity index (χ0n) is 11.2. The summed E-state index contributed by atoms with van der Waals surface area (Å²) in [7, 11) is 0. The fraction of sp³-hybridized carbons (Fsp3) is 0.333. The highest BCUT2D eigenvalue weighted by molar-refractivity contribution is 5.76. The summed E-state index contributed by atoms with van der Waals surface area (Å²) >= 11 is 0. The Hall–Kier alpha value is -2.48. The molecule has 0 aliphatic carbocycles. The number of hydrogen-bond acceptors (Lipinski definition) is 6. The summed E-state index contributed by atoms with van der Waals surface area (Å²) < 4.78 is 1.49. The monoisotopic (exact) mass is 275 g/mol. The molecule has 0 aliphatic rings. The Kier molecular flexibility index (Phi) is 5.01. The average molecular weight is 275 g/mol. The first-order valence-electron chi connectivity index (χ1n) is 6.33. The van der Waals surface area contributed by atoms with Gasteiger partial charge in [0.2, 0.25) is 0 Å². The van der Waals surface area contributed by atoms with E-state index in [1.807, 2.05) is 13.0 Å². The van der Waals surface area contributed by atoms with Crippen molar-refractivity contribution in [2.24, 2.45) is 0 Å².